The normalized spacial score (nSPS) is 19.6. The molecule has 1 saturated carbocycles. The third-order valence-corrected chi connectivity index (χ3v) is 9.90. The molecule has 0 aromatic heterocycles. The standard InChI is InChI=1S/C24H31NO5S2/c1-18(2)31(27,28)17-20-8-12-21(13-9-20)24(26)16-19-10-14-22(15-11-19)25-32(29,30)23-6-4-3-5-7-23/h3-7,10-11,14-15,18,20-21,25H,8-9,12-13,16-17H2,1-2H3. The lowest BCUT2D eigenvalue weighted by atomic mass is 9.79. The third kappa shape index (κ3) is 6.42. The Bertz CT molecular complexity index is 1120. The van der Waals surface area contributed by atoms with E-state index in [1.165, 1.54) is 12.1 Å². The second-order valence-electron chi connectivity index (χ2n) is 8.85. The number of hydrogen-bond donors (Lipinski definition) is 1. The van der Waals surface area contributed by atoms with E-state index in [4.69, 9.17) is 0 Å². The maximum atomic E-state index is 12.7. The maximum Gasteiger partial charge on any atom is 0.261 e. The van der Waals surface area contributed by atoms with Gasteiger partial charge < -0.3 is 0 Å². The van der Waals surface area contributed by atoms with E-state index >= 15 is 0 Å². The summed E-state index contributed by atoms with van der Waals surface area (Å²) in [5, 5.41) is -0.359. The number of sulfonamides is 1. The Morgan fingerprint density at radius 3 is 2.06 bits per heavy atom. The molecule has 174 valence electrons. The summed E-state index contributed by atoms with van der Waals surface area (Å²) in [6.07, 6.45) is 3.29. The van der Waals surface area contributed by atoms with Gasteiger partial charge in [-0.15, -0.1) is 0 Å². The Morgan fingerprint density at radius 2 is 1.50 bits per heavy atom. The fourth-order valence-corrected chi connectivity index (χ4v) is 6.48. The number of anilines is 1. The first-order valence-corrected chi connectivity index (χ1v) is 14.2. The average Bonchev–Trinajstić information content (AvgIpc) is 2.75. The van der Waals surface area contributed by atoms with Crippen molar-refractivity contribution in [2.45, 2.75) is 56.1 Å². The minimum atomic E-state index is -3.65. The molecule has 0 bridgehead atoms. The van der Waals surface area contributed by atoms with Crippen molar-refractivity contribution in [3.05, 3.63) is 60.2 Å². The van der Waals surface area contributed by atoms with Crippen molar-refractivity contribution >= 4 is 31.3 Å². The largest absolute Gasteiger partial charge is 0.299 e. The molecular formula is C24H31NO5S2. The summed E-state index contributed by atoms with van der Waals surface area (Å²) >= 11 is 0. The molecule has 6 nitrogen and oxygen atoms in total. The Morgan fingerprint density at radius 1 is 0.906 bits per heavy atom. The van der Waals surface area contributed by atoms with Crippen LogP contribution in [0.2, 0.25) is 0 Å². The van der Waals surface area contributed by atoms with Crippen LogP contribution >= 0.6 is 0 Å². The van der Waals surface area contributed by atoms with E-state index in [2.05, 4.69) is 4.72 Å². The van der Waals surface area contributed by atoms with Gasteiger partial charge in [-0.1, -0.05) is 30.3 Å². The number of rotatable bonds is 9. The topological polar surface area (TPSA) is 97.4 Å². The van der Waals surface area contributed by atoms with Crippen LogP contribution in [0.3, 0.4) is 0 Å². The highest BCUT2D eigenvalue weighted by Crippen LogP contribution is 2.31. The van der Waals surface area contributed by atoms with Gasteiger partial charge in [-0.05, 0) is 75.3 Å². The first-order valence-electron chi connectivity index (χ1n) is 11.0. The molecule has 0 aliphatic heterocycles. The molecular weight excluding hydrogens is 446 g/mol. The van der Waals surface area contributed by atoms with E-state index in [9.17, 15) is 21.6 Å². The average molecular weight is 478 g/mol. The molecule has 3 rings (SSSR count). The maximum absolute atomic E-state index is 12.7. The lowest BCUT2D eigenvalue weighted by Gasteiger charge is -2.28. The van der Waals surface area contributed by atoms with E-state index in [1.54, 1.807) is 56.3 Å². The number of carbonyl (C=O) groups is 1. The molecule has 0 atom stereocenters. The predicted molar refractivity (Wildman–Crippen MR) is 127 cm³/mol. The molecule has 0 spiro atoms. The van der Waals surface area contributed by atoms with Crippen LogP contribution in [0.4, 0.5) is 5.69 Å². The van der Waals surface area contributed by atoms with Crippen molar-refractivity contribution in [1.82, 2.24) is 0 Å². The van der Waals surface area contributed by atoms with Gasteiger partial charge in [-0.3, -0.25) is 9.52 Å². The van der Waals surface area contributed by atoms with Gasteiger partial charge in [0, 0.05) is 18.0 Å². The molecule has 0 radical (unpaired) electrons. The summed E-state index contributed by atoms with van der Waals surface area (Å²) in [4.78, 5) is 12.9. The van der Waals surface area contributed by atoms with E-state index in [0.717, 1.165) is 31.2 Å². The molecule has 1 fully saturated rings. The van der Waals surface area contributed by atoms with Crippen molar-refractivity contribution in [3.63, 3.8) is 0 Å². The smallest absolute Gasteiger partial charge is 0.261 e. The molecule has 1 N–H and O–H groups in total. The second kappa shape index (κ2) is 10.2. The number of sulfone groups is 1. The minimum absolute atomic E-state index is 0.0377. The quantitative estimate of drug-likeness (QED) is 0.583. The monoisotopic (exact) mass is 477 g/mol. The molecule has 0 unspecified atom stereocenters. The predicted octanol–water partition coefficient (Wildman–Crippen LogP) is 4.23. The fraction of sp³-hybridized carbons (Fsp3) is 0.458. The molecule has 0 heterocycles. The van der Waals surface area contributed by atoms with Gasteiger partial charge in [-0.2, -0.15) is 0 Å². The first-order chi connectivity index (χ1) is 15.1. The Hall–Kier alpha value is -2.19. The van der Waals surface area contributed by atoms with Crippen molar-refractivity contribution in [2.24, 2.45) is 11.8 Å². The van der Waals surface area contributed by atoms with Crippen LogP contribution in [0.25, 0.3) is 0 Å². The summed E-state index contributed by atoms with van der Waals surface area (Å²) in [5.74, 6) is 0.478. The number of ketones is 1. The summed E-state index contributed by atoms with van der Waals surface area (Å²) in [6, 6.07) is 15.0. The summed E-state index contributed by atoms with van der Waals surface area (Å²) in [7, 11) is -6.70. The van der Waals surface area contributed by atoms with Crippen molar-refractivity contribution in [2.75, 3.05) is 10.5 Å². The number of Topliss-reactive ketones (excluding diaryl/α,β-unsaturated/α-hetero) is 1. The molecule has 32 heavy (non-hydrogen) atoms. The molecule has 1 aliphatic carbocycles. The van der Waals surface area contributed by atoms with Crippen LogP contribution in [0, 0.1) is 11.8 Å². The van der Waals surface area contributed by atoms with E-state index in [-0.39, 0.29) is 33.5 Å². The highest BCUT2D eigenvalue weighted by atomic mass is 32.2. The first kappa shape index (κ1) is 24.5. The fourth-order valence-electron chi connectivity index (χ4n) is 4.02. The summed E-state index contributed by atoms with van der Waals surface area (Å²) in [6.45, 7) is 3.42. The van der Waals surface area contributed by atoms with Gasteiger partial charge in [-0.25, -0.2) is 16.8 Å². The Labute approximate surface area is 191 Å². The van der Waals surface area contributed by atoms with E-state index in [0.29, 0.717) is 12.1 Å². The Kier molecular flexibility index (Phi) is 7.77. The van der Waals surface area contributed by atoms with Crippen LogP contribution in [0.15, 0.2) is 59.5 Å². The number of carbonyl (C=O) groups excluding carboxylic acids is 1. The number of benzene rings is 2. The van der Waals surface area contributed by atoms with Gasteiger partial charge in [0.05, 0.1) is 15.9 Å². The van der Waals surface area contributed by atoms with Gasteiger partial charge in [0.2, 0.25) is 0 Å². The van der Waals surface area contributed by atoms with Crippen LogP contribution < -0.4 is 4.72 Å². The molecule has 2 aromatic carbocycles. The highest BCUT2D eigenvalue weighted by Gasteiger charge is 2.30. The zero-order chi connectivity index (χ0) is 23.4. The van der Waals surface area contributed by atoms with E-state index in [1.807, 2.05) is 0 Å². The summed E-state index contributed by atoms with van der Waals surface area (Å²) in [5.41, 5.74) is 1.28. The zero-order valence-corrected chi connectivity index (χ0v) is 20.2. The van der Waals surface area contributed by atoms with Crippen molar-refractivity contribution < 1.29 is 21.6 Å². The highest BCUT2D eigenvalue weighted by molar-refractivity contribution is 7.92. The minimum Gasteiger partial charge on any atom is -0.299 e. The van der Waals surface area contributed by atoms with Crippen LogP contribution in [-0.4, -0.2) is 33.6 Å². The second-order valence-corrected chi connectivity index (χ2v) is 13.1. The SMILES string of the molecule is CC(C)S(=O)(=O)CC1CCC(C(=O)Cc2ccc(NS(=O)(=O)c3ccccc3)cc2)CC1. The van der Waals surface area contributed by atoms with Gasteiger partial charge in [0.25, 0.3) is 10.0 Å². The van der Waals surface area contributed by atoms with E-state index < -0.39 is 19.9 Å². The van der Waals surface area contributed by atoms with Gasteiger partial charge in [0.15, 0.2) is 9.84 Å². The van der Waals surface area contributed by atoms with Crippen LogP contribution in [0.1, 0.15) is 45.1 Å². The van der Waals surface area contributed by atoms with Gasteiger partial charge >= 0.3 is 0 Å². The lowest BCUT2D eigenvalue weighted by molar-refractivity contribution is -0.123. The van der Waals surface area contributed by atoms with Crippen LogP contribution in [-0.2, 0) is 31.1 Å². The molecule has 1 aliphatic rings. The molecule has 0 saturated heterocycles. The third-order valence-electron chi connectivity index (χ3n) is 6.13. The van der Waals surface area contributed by atoms with Gasteiger partial charge in [0.1, 0.15) is 5.78 Å². The number of hydrogen-bond acceptors (Lipinski definition) is 5. The van der Waals surface area contributed by atoms with Crippen molar-refractivity contribution in [3.8, 4) is 0 Å². The molecule has 8 heteroatoms. The Balaban J connectivity index is 1.52. The number of nitrogens with one attached hydrogen (secondary N) is 1. The van der Waals surface area contributed by atoms with Crippen molar-refractivity contribution in [1.29, 1.82) is 0 Å². The molecule has 2 aromatic rings. The zero-order valence-electron chi connectivity index (χ0n) is 18.5. The van der Waals surface area contributed by atoms with Crippen LogP contribution in [0.5, 0.6) is 0 Å². The summed E-state index contributed by atoms with van der Waals surface area (Å²) < 4.78 is 51.7. The molecule has 0 amide bonds. The lowest BCUT2D eigenvalue weighted by Crippen LogP contribution is -2.29.